The molecule has 1 aliphatic heterocycles. The summed E-state index contributed by atoms with van der Waals surface area (Å²) in [5, 5.41) is 8.91. The summed E-state index contributed by atoms with van der Waals surface area (Å²) in [4.78, 5) is 40.1. The van der Waals surface area contributed by atoms with Crippen molar-refractivity contribution in [2.75, 3.05) is 30.3 Å². The lowest BCUT2D eigenvalue weighted by molar-refractivity contribution is -0.120. The van der Waals surface area contributed by atoms with Crippen LogP contribution in [0.3, 0.4) is 0 Å². The third-order valence-corrected chi connectivity index (χ3v) is 6.82. The van der Waals surface area contributed by atoms with Crippen LogP contribution in [0.4, 0.5) is 15.5 Å². The van der Waals surface area contributed by atoms with Crippen molar-refractivity contribution in [3.63, 3.8) is 0 Å². The van der Waals surface area contributed by atoms with E-state index in [1.54, 1.807) is 11.0 Å². The van der Waals surface area contributed by atoms with Crippen LogP contribution in [0.1, 0.15) is 42.4 Å². The van der Waals surface area contributed by atoms with E-state index in [-0.39, 0.29) is 23.7 Å². The second kappa shape index (κ2) is 9.18. The summed E-state index contributed by atoms with van der Waals surface area (Å²) in [6.07, 6.45) is 0.271. The lowest BCUT2D eigenvalue weighted by Gasteiger charge is -2.20. The summed E-state index contributed by atoms with van der Waals surface area (Å²) in [6, 6.07) is 8.73. The lowest BCUT2D eigenvalue weighted by Crippen LogP contribution is -2.34. The molecule has 0 aliphatic carbocycles. The number of nitrogens with one attached hydrogen (secondary N) is 3. The molecule has 9 heteroatoms. The minimum atomic E-state index is -0.425. The Morgan fingerprint density at radius 3 is 2.60 bits per heavy atom. The molecule has 4 amide bonds. The monoisotopic (exact) mass is 492 g/mol. The van der Waals surface area contributed by atoms with Crippen LogP contribution in [0.25, 0.3) is 0 Å². The van der Waals surface area contributed by atoms with Crippen molar-refractivity contribution in [1.29, 1.82) is 0 Å². The molecular formula is C21H25BrN4O3S. The van der Waals surface area contributed by atoms with Crippen LogP contribution < -0.4 is 16.0 Å². The van der Waals surface area contributed by atoms with E-state index in [4.69, 9.17) is 0 Å². The van der Waals surface area contributed by atoms with Gasteiger partial charge in [0.15, 0.2) is 0 Å². The second-order valence-electron chi connectivity index (χ2n) is 8.05. The summed E-state index contributed by atoms with van der Waals surface area (Å²) < 4.78 is 0.764. The van der Waals surface area contributed by atoms with Gasteiger partial charge in [-0.05, 0) is 39.5 Å². The van der Waals surface area contributed by atoms with E-state index in [0.717, 1.165) is 9.35 Å². The first-order valence-corrected chi connectivity index (χ1v) is 11.3. The molecule has 2 heterocycles. The van der Waals surface area contributed by atoms with Crippen LogP contribution in [-0.2, 0) is 10.2 Å². The molecule has 2 aromatic rings. The quantitative estimate of drug-likeness (QED) is 0.592. The molecule has 0 bridgehead atoms. The molecule has 0 atom stereocenters. The summed E-state index contributed by atoms with van der Waals surface area (Å²) in [5.41, 5.74) is 0.906. The number of carbonyl (C=O) groups is 3. The molecule has 3 N–H and O–H groups in total. The fourth-order valence-corrected chi connectivity index (χ4v) is 4.46. The first-order chi connectivity index (χ1) is 14.1. The average Bonchev–Trinajstić information content (AvgIpc) is 2.97. The topological polar surface area (TPSA) is 90.5 Å². The normalized spacial score (nSPS) is 14.7. The zero-order valence-corrected chi connectivity index (χ0v) is 19.6. The summed E-state index contributed by atoms with van der Waals surface area (Å²) in [5.74, 6) is -0.244. The molecule has 160 valence electrons. The first-order valence-electron chi connectivity index (χ1n) is 9.68. The first kappa shape index (κ1) is 22.3. The predicted octanol–water partition coefficient (Wildman–Crippen LogP) is 4.41. The van der Waals surface area contributed by atoms with Crippen molar-refractivity contribution in [3.05, 3.63) is 45.2 Å². The molecule has 1 aromatic carbocycles. The molecule has 7 nitrogen and oxygen atoms in total. The van der Waals surface area contributed by atoms with E-state index in [2.05, 4.69) is 52.7 Å². The average molecular weight is 493 g/mol. The molecule has 0 spiro atoms. The van der Waals surface area contributed by atoms with Gasteiger partial charge in [-0.25, -0.2) is 4.79 Å². The van der Waals surface area contributed by atoms with E-state index in [0.29, 0.717) is 35.9 Å². The van der Waals surface area contributed by atoms with Crippen molar-refractivity contribution >= 4 is 55.8 Å². The van der Waals surface area contributed by atoms with Gasteiger partial charge in [-0.1, -0.05) is 32.9 Å². The third kappa shape index (κ3) is 5.40. The van der Waals surface area contributed by atoms with Gasteiger partial charge in [0.05, 0.1) is 11.3 Å². The number of carbonyl (C=O) groups excluding carboxylic acids is 3. The smallest absolute Gasteiger partial charge is 0.324 e. The van der Waals surface area contributed by atoms with Crippen molar-refractivity contribution in [3.8, 4) is 0 Å². The van der Waals surface area contributed by atoms with Crippen LogP contribution in [0.5, 0.6) is 0 Å². The number of halogens is 1. The Morgan fingerprint density at radius 1 is 1.17 bits per heavy atom. The number of rotatable bonds is 3. The van der Waals surface area contributed by atoms with Crippen LogP contribution >= 0.6 is 27.3 Å². The summed E-state index contributed by atoms with van der Waals surface area (Å²) in [7, 11) is 0. The lowest BCUT2D eigenvalue weighted by atomic mass is 9.94. The van der Waals surface area contributed by atoms with E-state index in [1.807, 2.05) is 24.3 Å². The molecule has 3 rings (SSSR count). The maximum atomic E-state index is 13.2. The summed E-state index contributed by atoms with van der Waals surface area (Å²) >= 11 is 4.80. The number of nitrogens with zero attached hydrogens (tertiary/aromatic N) is 1. The number of hydrogen-bond acceptors (Lipinski definition) is 4. The van der Waals surface area contributed by atoms with Gasteiger partial charge in [0, 0.05) is 35.4 Å². The van der Waals surface area contributed by atoms with Crippen molar-refractivity contribution in [2.45, 2.75) is 32.6 Å². The molecule has 1 aliphatic rings. The Morgan fingerprint density at radius 2 is 1.90 bits per heavy atom. The van der Waals surface area contributed by atoms with E-state index < -0.39 is 6.03 Å². The molecular weight excluding hydrogens is 468 g/mol. The highest BCUT2D eigenvalue weighted by atomic mass is 79.9. The Hall–Kier alpha value is -2.39. The molecule has 1 fully saturated rings. The fraction of sp³-hybridized carbons (Fsp3) is 0.381. The molecule has 0 unspecified atom stereocenters. The van der Waals surface area contributed by atoms with Gasteiger partial charge in [-0.3, -0.25) is 14.9 Å². The number of para-hydroxylation sites is 1. The molecule has 0 saturated carbocycles. The molecule has 30 heavy (non-hydrogen) atoms. The van der Waals surface area contributed by atoms with Gasteiger partial charge in [-0.2, -0.15) is 0 Å². The number of urea groups is 1. The molecule has 0 radical (unpaired) electrons. The SMILES string of the molecule is CC(C)(C)c1cc(C(=O)N2CCNC(=O)CC2)c(NC(=O)Nc2ccccc2Br)s1. The second-order valence-corrected chi connectivity index (χ2v) is 9.96. The highest BCUT2D eigenvalue weighted by Gasteiger charge is 2.28. The maximum absolute atomic E-state index is 13.2. The zero-order valence-electron chi connectivity index (χ0n) is 17.2. The fourth-order valence-electron chi connectivity index (χ4n) is 2.97. The predicted molar refractivity (Wildman–Crippen MR) is 123 cm³/mol. The minimum absolute atomic E-state index is 0.0582. The summed E-state index contributed by atoms with van der Waals surface area (Å²) in [6.45, 7) is 7.40. The largest absolute Gasteiger partial charge is 0.354 e. The highest BCUT2D eigenvalue weighted by molar-refractivity contribution is 9.10. The van der Waals surface area contributed by atoms with Crippen LogP contribution in [0.15, 0.2) is 34.8 Å². The molecule has 1 aromatic heterocycles. The highest BCUT2D eigenvalue weighted by Crippen LogP contribution is 2.37. The molecule has 1 saturated heterocycles. The Bertz CT molecular complexity index is 967. The van der Waals surface area contributed by atoms with E-state index in [9.17, 15) is 14.4 Å². The Kier molecular flexibility index (Phi) is 6.82. The van der Waals surface area contributed by atoms with Crippen molar-refractivity contribution < 1.29 is 14.4 Å². The Labute approximate surface area is 188 Å². The van der Waals surface area contributed by atoms with E-state index >= 15 is 0 Å². The van der Waals surface area contributed by atoms with Gasteiger partial charge in [0.25, 0.3) is 5.91 Å². The van der Waals surface area contributed by atoms with Crippen molar-refractivity contribution in [1.82, 2.24) is 10.2 Å². The zero-order chi connectivity index (χ0) is 21.9. The van der Waals surface area contributed by atoms with Crippen LogP contribution in [0.2, 0.25) is 0 Å². The van der Waals surface area contributed by atoms with Gasteiger partial charge >= 0.3 is 6.03 Å². The minimum Gasteiger partial charge on any atom is -0.354 e. The maximum Gasteiger partial charge on any atom is 0.324 e. The third-order valence-electron chi connectivity index (χ3n) is 4.65. The number of hydrogen-bond donors (Lipinski definition) is 3. The van der Waals surface area contributed by atoms with Gasteiger partial charge < -0.3 is 15.5 Å². The number of thiophene rings is 1. The number of amides is 4. The van der Waals surface area contributed by atoms with Crippen molar-refractivity contribution in [2.24, 2.45) is 0 Å². The standard InChI is InChI=1S/C21H25BrN4O3S/c1-21(2,3)16-12-13(19(28)26-10-8-17(27)23-9-11-26)18(30-16)25-20(29)24-15-7-5-4-6-14(15)22/h4-7,12H,8-11H2,1-3H3,(H,23,27)(H2,24,25,29). The number of benzene rings is 1. The number of anilines is 2. The van der Waals surface area contributed by atoms with Gasteiger partial charge in [-0.15, -0.1) is 11.3 Å². The van der Waals surface area contributed by atoms with Gasteiger partial charge in [0.1, 0.15) is 5.00 Å². The van der Waals surface area contributed by atoms with E-state index in [1.165, 1.54) is 11.3 Å². The van der Waals surface area contributed by atoms with Crippen LogP contribution in [0, 0.1) is 0 Å². The Balaban J connectivity index is 1.84. The van der Waals surface area contributed by atoms with Crippen LogP contribution in [-0.4, -0.2) is 42.4 Å². The van der Waals surface area contributed by atoms with Gasteiger partial charge in [0.2, 0.25) is 5.91 Å².